The average Bonchev–Trinajstić information content (AvgIpc) is 3.29. The van der Waals surface area contributed by atoms with Gasteiger partial charge in [-0.3, -0.25) is 4.90 Å². The largest absolute Gasteiger partial charge is 0.338 e. The Labute approximate surface area is 153 Å². The molecule has 0 saturated heterocycles. The molecule has 1 heterocycles. The van der Waals surface area contributed by atoms with E-state index < -0.39 is 0 Å². The third-order valence-corrected chi connectivity index (χ3v) is 5.08. The Morgan fingerprint density at radius 2 is 1.92 bits per heavy atom. The van der Waals surface area contributed by atoms with Crippen molar-refractivity contribution in [1.29, 1.82) is 0 Å². The first kappa shape index (κ1) is 16.9. The molecule has 5 nitrogen and oxygen atoms in total. The first-order valence-electron chi connectivity index (χ1n) is 9.12. The van der Waals surface area contributed by atoms with Gasteiger partial charge in [0.05, 0.1) is 13.1 Å². The molecule has 134 valence electrons. The van der Waals surface area contributed by atoms with Gasteiger partial charge in [0.2, 0.25) is 5.89 Å². The fourth-order valence-electron chi connectivity index (χ4n) is 3.74. The lowest BCUT2D eigenvalue weighted by Gasteiger charge is -2.28. The molecule has 0 bridgehead atoms. The van der Waals surface area contributed by atoms with Gasteiger partial charge in [-0.25, -0.2) is 0 Å². The SMILES string of the molecule is Cc1ccc(CN(Cc2noc(CN)n2)C2CCc3ccccc32)cc1. The van der Waals surface area contributed by atoms with Crippen LogP contribution in [0.25, 0.3) is 0 Å². The summed E-state index contributed by atoms with van der Waals surface area (Å²) in [7, 11) is 0. The van der Waals surface area contributed by atoms with E-state index in [0.717, 1.165) is 19.4 Å². The highest BCUT2D eigenvalue weighted by molar-refractivity contribution is 5.34. The molecule has 4 rings (SSSR count). The quantitative estimate of drug-likeness (QED) is 0.738. The van der Waals surface area contributed by atoms with Crippen LogP contribution < -0.4 is 5.73 Å². The standard InChI is InChI=1S/C21H24N4O/c1-15-6-8-16(9-7-15)13-25(14-20-23-21(12-22)26-24-20)19-11-10-17-4-2-3-5-18(17)19/h2-9,19H,10-14,22H2,1H3. The van der Waals surface area contributed by atoms with Crippen LogP contribution in [-0.4, -0.2) is 15.0 Å². The second kappa shape index (κ2) is 7.40. The van der Waals surface area contributed by atoms with Gasteiger partial charge in [-0.05, 0) is 36.5 Å². The van der Waals surface area contributed by atoms with Gasteiger partial charge in [-0.2, -0.15) is 4.98 Å². The van der Waals surface area contributed by atoms with Crippen molar-refractivity contribution in [3.63, 3.8) is 0 Å². The summed E-state index contributed by atoms with van der Waals surface area (Å²) in [6.45, 7) is 3.89. The summed E-state index contributed by atoms with van der Waals surface area (Å²) >= 11 is 0. The molecule has 1 unspecified atom stereocenters. The summed E-state index contributed by atoms with van der Waals surface area (Å²) in [6.07, 6.45) is 2.23. The fourth-order valence-corrected chi connectivity index (χ4v) is 3.74. The van der Waals surface area contributed by atoms with Crippen molar-refractivity contribution < 1.29 is 4.52 Å². The van der Waals surface area contributed by atoms with Crippen LogP contribution in [-0.2, 0) is 26.1 Å². The van der Waals surface area contributed by atoms with E-state index in [-0.39, 0.29) is 6.54 Å². The third-order valence-electron chi connectivity index (χ3n) is 5.08. The molecule has 0 fully saturated rings. The molecule has 0 saturated carbocycles. The number of benzene rings is 2. The van der Waals surface area contributed by atoms with Gasteiger partial charge in [-0.15, -0.1) is 0 Å². The van der Waals surface area contributed by atoms with Crippen molar-refractivity contribution in [2.24, 2.45) is 5.73 Å². The number of hydrogen-bond donors (Lipinski definition) is 1. The highest BCUT2D eigenvalue weighted by atomic mass is 16.5. The van der Waals surface area contributed by atoms with Crippen molar-refractivity contribution in [3.8, 4) is 0 Å². The zero-order chi connectivity index (χ0) is 17.9. The maximum absolute atomic E-state index is 5.61. The lowest BCUT2D eigenvalue weighted by Crippen LogP contribution is -2.27. The summed E-state index contributed by atoms with van der Waals surface area (Å²) in [6, 6.07) is 17.8. The zero-order valence-electron chi connectivity index (χ0n) is 15.1. The number of nitrogens with two attached hydrogens (primary N) is 1. The van der Waals surface area contributed by atoms with Gasteiger partial charge in [0, 0.05) is 12.6 Å². The van der Waals surface area contributed by atoms with Gasteiger partial charge in [0.1, 0.15) is 0 Å². The van der Waals surface area contributed by atoms with Crippen molar-refractivity contribution >= 4 is 0 Å². The molecule has 1 aliphatic rings. The van der Waals surface area contributed by atoms with E-state index in [0.29, 0.717) is 24.3 Å². The minimum absolute atomic E-state index is 0.275. The summed E-state index contributed by atoms with van der Waals surface area (Å²) in [5.41, 5.74) is 11.0. The van der Waals surface area contributed by atoms with Crippen LogP contribution in [0, 0.1) is 6.92 Å². The Morgan fingerprint density at radius 3 is 2.69 bits per heavy atom. The first-order valence-corrected chi connectivity index (χ1v) is 9.12. The van der Waals surface area contributed by atoms with E-state index in [1.807, 2.05) is 0 Å². The molecule has 0 radical (unpaired) electrons. The summed E-state index contributed by atoms with van der Waals surface area (Å²) in [5.74, 6) is 1.18. The Balaban J connectivity index is 1.61. The Kier molecular flexibility index (Phi) is 4.82. The van der Waals surface area contributed by atoms with E-state index in [9.17, 15) is 0 Å². The van der Waals surface area contributed by atoms with Crippen molar-refractivity contribution in [3.05, 3.63) is 82.5 Å². The molecule has 26 heavy (non-hydrogen) atoms. The molecule has 1 atom stereocenters. The highest BCUT2D eigenvalue weighted by Gasteiger charge is 2.28. The lowest BCUT2D eigenvalue weighted by atomic mass is 10.1. The van der Waals surface area contributed by atoms with Gasteiger partial charge in [-0.1, -0.05) is 59.3 Å². The number of hydrogen-bond acceptors (Lipinski definition) is 5. The maximum Gasteiger partial charge on any atom is 0.240 e. The molecule has 1 aromatic heterocycles. The molecule has 0 spiro atoms. The number of rotatable bonds is 6. The van der Waals surface area contributed by atoms with Crippen molar-refractivity contribution in [1.82, 2.24) is 15.0 Å². The van der Waals surface area contributed by atoms with Crippen molar-refractivity contribution in [2.75, 3.05) is 0 Å². The summed E-state index contributed by atoms with van der Waals surface area (Å²) in [5, 5.41) is 4.10. The first-order chi connectivity index (χ1) is 12.7. The van der Waals surface area contributed by atoms with Crippen LogP contribution in [0.5, 0.6) is 0 Å². The normalized spacial score (nSPS) is 16.2. The third kappa shape index (κ3) is 3.54. The van der Waals surface area contributed by atoms with Crippen LogP contribution >= 0.6 is 0 Å². The highest BCUT2D eigenvalue weighted by Crippen LogP contribution is 2.37. The molecule has 0 amide bonds. The molecule has 3 aromatic rings. The maximum atomic E-state index is 5.61. The Morgan fingerprint density at radius 1 is 1.12 bits per heavy atom. The van der Waals surface area contributed by atoms with E-state index in [1.54, 1.807) is 0 Å². The Hall–Kier alpha value is -2.50. The van der Waals surface area contributed by atoms with Crippen LogP contribution in [0.4, 0.5) is 0 Å². The second-order valence-corrected chi connectivity index (χ2v) is 6.95. The smallest absolute Gasteiger partial charge is 0.240 e. The monoisotopic (exact) mass is 348 g/mol. The molecule has 1 aliphatic carbocycles. The van der Waals surface area contributed by atoms with Crippen molar-refractivity contribution in [2.45, 2.75) is 45.4 Å². The predicted molar refractivity (Wildman–Crippen MR) is 100 cm³/mol. The fraction of sp³-hybridized carbons (Fsp3) is 0.333. The average molecular weight is 348 g/mol. The molecular formula is C21H24N4O. The van der Waals surface area contributed by atoms with E-state index in [4.69, 9.17) is 10.3 Å². The minimum atomic E-state index is 0.275. The van der Waals surface area contributed by atoms with Crippen LogP contribution in [0.1, 0.15) is 46.4 Å². The number of aromatic nitrogens is 2. The molecule has 0 aliphatic heterocycles. The molecule has 2 aromatic carbocycles. The van der Waals surface area contributed by atoms with Gasteiger partial charge < -0.3 is 10.3 Å². The van der Waals surface area contributed by atoms with Crippen LogP contribution in [0.2, 0.25) is 0 Å². The number of aryl methyl sites for hydroxylation is 2. The topological polar surface area (TPSA) is 68.2 Å². The van der Waals surface area contributed by atoms with E-state index in [2.05, 4.69) is 70.5 Å². The lowest BCUT2D eigenvalue weighted by molar-refractivity contribution is 0.171. The zero-order valence-corrected chi connectivity index (χ0v) is 15.1. The minimum Gasteiger partial charge on any atom is -0.338 e. The molecular weight excluding hydrogens is 324 g/mol. The Bertz CT molecular complexity index is 872. The van der Waals surface area contributed by atoms with Gasteiger partial charge in [0.25, 0.3) is 0 Å². The predicted octanol–water partition coefficient (Wildman–Crippen LogP) is 3.53. The van der Waals surface area contributed by atoms with Gasteiger partial charge >= 0.3 is 0 Å². The number of fused-ring (bicyclic) bond motifs is 1. The van der Waals surface area contributed by atoms with Crippen LogP contribution in [0.15, 0.2) is 53.1 Å². The molecule has 2 N–H and O–H groups in total. The second-order valence-electron chi connectivity index (χ2n) is 6.95. The van der Waals surface area contributed by atoms with Crippen LogP contribution in [0.3, 0.4) is 0 Å². The van der Waals surface area contributed by atoms with E-state index >= 15 is 0 Å². The number of nitrogens with zero attached hydrogens (tertiary/aromatic N) is 3. The van der Waals surface area contributed by atoms with Gasteiger partial charge in [0.15, 0.2) is 5.82 Å². The summed E-state index contributed by atoms with van der Waals surface area (Å²) in [4.78, 5) is 6.85. The summed E-state index contributed by atoms with van der Waals surface area (Å²) < 4.78 is 5.20. The molecule has 5 heteroatoms. The van der Waals surface area contributed by atoms with E-state index in [1.165, 1.54) is 22.3 Å².